The molecule has 0 spiro atoms. The largest absolute Gasteiger partial charge is 0.423 e. The van der Waals surface area contributed by atoms with Gasteiger partial charge in [0.1, 0.15) is 12.3 Å². The minimum Gasteiger partial charge on any atom is -0.423 e. The monoisotopic (exact) mass is 570 g/mol. The van der Waals surface area contributed by atoms with Gasteiger partial charge in [0.25, 0.3) is 17.7 Å². The lowest BCUT2D eigenvalue weighted by molar-refractivity contribution is -0.155. The number of nitrogens with zero attached hydrogens (tertiary/aromatic N) is 2. The minimum atomic E-state index is -0.646. The van der Waals surface area contributed by atoms with E-state index in [-0.39, 0.29) is 28.7 Å². The van der Waals surface area contributed by atoms with Crippen molar-refractivity contribution in [2.75, 3.05) is 6.54 Å². The van der Waals surface area contributed by atoms with Gasteiger partial charge < -0.3 is 4.74 Å². The lowest BCUT2D eigenvalue weighted by atomic mass is 9.81. The van der Waals surface area contributed by atoms with Crippen molar-refractivity contribution in [3.8, 4) is 5.75 Å². The number of amides is 3. The Labute approximate surface area is 241 Å². The number of carbonyl (C=O) groups is 5. The Morgan fingerprint density at radius 2 is 1.34 bits per heavy atom. The van der Waals surface area contributed by atoms with E-state index in [0.717, 1.165) is 34.8 Å². The number of aryl methyl sites for hydroxylation is 1. The van der Waals surface area contributed by atoms with Crippen molar-refractivity contribution < 1.29 is 28.7 Å². The number of halogens is 1. The quantitative estimate of drug-likeness (QED) is 0.169. The van der Waals surface area contributed by atoms with E-state index in [4.69, 9.17) is 16.3 Å². The predicted molar refractivity (Wildman–Crippen MR) is 149 cm³/mol. The molecule has 2 saturated carbocycles. The molecule has 0 N–H and O–H groups in total. The third kappa shape index (κ3) is 4.93. The number of esters is 1. The third-order valence-electron chi connectivity index (χ3n) is 8.44. The van der Waals surface area contributed by atoms with Crippen molar-refractivity contribution in [2.24, 2.45) is 23.7 Å². The lowest BCUT2D eigenvalue weighted by Crippen LogP contribution is -2.52. The topological polar surface area (TPSA) is 101 Å². The Bertz CT molecular complexity index is 1520. The molecule has 4 atom stereocenters. The van der Waals surface area contributed by atoms with Crippen LogP contribution >= 0.6 is 11.6 Å². The van der Waals surface area contributed by atoms with Crippen LogP contribution in [0.1, 0.15) is 55.9 Å². The zero-order valence-corrected chi connectivity index (χ0v) is 23.0. The molecule has 3 aromatic carbocycles. The fraction of sp³-hybridized carbons (Fsp3) is 0.281. The average molecular weight is 571 g/mol. The summed E-state index contributed by atoms with van der Waals surface area (Å²) in [6.45, 7) is 1.40. The van der Waals surface area contributed by atoms with Crippen LogP contribution in [-0.4, -0.2) is 46.0 Å². The van der Waals surface area contributed by atoms with E-state index in [2.05, 4.69) is 0 Å². The minimum absolute atomic E-state index is 0.129. The molecular weight excluding hydrogens is 544 g/mol. The van der Waals surface area contributed by atoms with Gasteiger partial charge in [0, 0.05) is 16.1 Å². The van der Waals surface area contributed by atoms with Gasteiger partial charge in [0.15, 0.2) is 5.78 Å². The van der Waals surface area contributed by atoms with Crippen LogP contribution < -0.4 is 4.74 Å². The standard InChI is InChI=1S/C32H27ClN2O6/c1-18-2-4-21(5-3-18)32(40)41-25-14-10-19(11-15-25)26(36)17-34(29(37)20-8-12-24(33)13-9-20)35-30(38)27-22-6-7-23(16-22)28(27)31(35)39/h2-5,8-15,22-23,27-28H,6-7,16-17H2,1H3/t22-,23-,27-,28-/m0/s1. The number of fused-ring (bicyclic) bond motifs is 5. The first kappa shape index (κ1) is 26.9. The van der Waals surface area contributed by atoms with Crippen LogP contribution in [0.4, 0.5) is 0 Å². The van der Waals surface area contributed by atoms with Gasteiger partial charge in [0.2, 0.25) is 0 Å². The molecule has 9 heteroatoms. The summed E-state index contributed by atoms with van der Waals surface area (Å²) in [6.07, 6.45) is 2.64. The molecule has 0 aromatic heterocycles. The van der Waals surface area contributed by atoms with E-state index in [1.807, 2.05) is 19.1 Å². The van der Waals surface area contributed by atoms with Crippen molar-refractivity contribution in [1.29, 1.82) is 0 Å². The maximum absolute atomic E-state index is 13.7. The van der Waals surface area contributed by atoms with Gasteiger partial charge >= 0.3 is 5.97 Å². The number of ether oxygens (including phenoxy) is 1. The maximum Gasteiger partial charge on any atom is 0.343 e. The number of Topliss-reactive ketones (excluding diaryl/α,β-unsaturated/α-hetero) is 1. The van der Waals surface area contributed by atoms with E-state index in [1.165, 1.54) is 48.5 Å². The summed E-state index contributed by atoms with van der Waals surface area (Å²) in [5.41, 5.74) is 1.83. The van der Waals surface area contributed by atoms with Crippen LogP contribution in [0, 0.1) is 30.6 Å². The molecule has 1 aliphatic heterocycles. The highest BCUT2D eigenvalue weighted by Crippen LogP contribution is 2.56. The van der Waals surface area contributed by atoms with E-state index in [1.54, 1.807) is 12.1 Å². The first-order chi connectivity index (χ1) is 19.7. The number of hydrazine groups is 1. The van der Waals surface area contributed by atoms with Crippen molar-refractivity contribution in [1.82, 2.24) is 10.0 Å². The number of rotatable bonds is 7. The molecule has 3 amide bonds. The number of carbonyl (C=O) groups excluding carboxylic acids is 5. The normalized spacial score (nSPS) is 22.5. The molecule has 2 aliphatic carbocycles. The fourth-order valence-corrected chi connectivity index (χ4v) is 6.52. The molecule has 8 nitrogen and oxygen atoms in total. The summed E-state index contributed by atoms with van der Waals surface area (Å²) >= 11 is 5.99. The second-order valence-corrected chi connectivity index (χ2v) is 11.4. The Kier molecular flexibility index (Phi) is 6.95. The molecule has 6 rings (SSSR count). The third-order valence-corrected chi connectivity index (χ3v) is 8.69. The molecule has 0 unspecified atom stereocenters. The average Bonchev–Trinajstić information content (AvgIpc) is 3.66. The van der Waals surface area contributed by atoms with Gasteiger partial charge in [-0.15, -0.1) is 0 Å². The number of hydrogen-bond donors (Lipinski definition) is 0. The van der Waals surface area contributed by atoms with Gasteiger partial charge in [0.05, 0.1) is 17.4 Å². The zero-order chi connectivity index (χ0) is 28.8. The number of imide groups is 1. The zero-order valence-electron chi connectivity index (χ0n) is 22.3. The summed E-state index contributed by atoms with van der Waals surface area (Å²) in [5, 5.41) is 2.30. The lowest BCUT2D eigenvalue weighted by Gasteiger charge is -2.30. The molecule has 3 fully saturated rings. The molecule has 0 radical (unpaired) electrons. The van der Waals surface area contributed by atoms with Gasteiger partial charge in [-0.3, -0.25) is 19.2 Å². The number of hydrogen-bond acceptors (Lipinski definition) is 6. The molecular formula is C32H27ClN2O6. The van der Waals surface area contributed by atoms with Crippen molar-refractivity contribution >= 4 is 41.1 Å². The van der Waals surface area contributed by atoms with E-state index < -0.39 is 47.9 Å². The highest BCUT2D eigenvalue weighted by atomic mass is 35.5. The SMILES string of the molecule is Cc1ccc(C(=O)Oc2ccc(C(=O)CN(C(=O)c3ccc(Cl)cc3)N3C(=O)[C@H]4[C@H]5CC[C@@H](C5)[C@@H]4C3=O)cc2)cc1. The van der Waals surface area contributed by atoms with Gasteiger partial charge in [-0.2, -0.15) is 5.01 Å². The smallest absolute Gasteiger partial charge is 0.343 e. The van der Waals surface area contributed by atoms with Crippen molar-refractivity contribution in [2.45, 2.75) is 26.2 Å². The second kappa shape index (κ2) is 10.6. The second-order valence-electron chi connectivity index (χ2n) is 10.9. The number of ketones is 1. The highest BCUT2D eigenvalue weighted by Gasteiger charge is 2.62. The first-order valence-corrected chi connectivity index (χ1v) is 14.0. The number of benzene rings is 3. The van der Waals surface area contributed by atoms with Crippen LogP contribution in [0.5, 0.6) is 5.75 Å². The summed E-state index contributed by atoms with van der Waals surface area (Å²) in [7, 11) is 0. The summed E-state index contributed by atoms with van der Waals surface area (Å²) in [4.78, 5) is 66.6. The predicted octanol–water partition coefficient (Wildman–Crippen LogP) is 5.14. The molecule has 208 valence electrons. The van der Waals surface area contributed by atoms with Crippen molar-refractivity contribution in [3.05, 3.63) is 100 Å². The molecule has 2 bridgehead atoms. The summed E-state index contributed by atoms with van der Waals surface area (Å²) in [5.74, 6) is -2.88. The Morgan fingerprint density at radius 3 is 1.93 bits per heavy atom. The van der Waals surface area contributed by atoms with Gasteiger partial charge in [-0.1, -0.05) is 29.3 Å². The van der Waals surface area contributed by atoms with Crippen molar-refractivity contribution in [3.63, 3.8) is 0 Å². The summed E-state index contributed by atoms with van der Waals surface area (Å²) in [6, 6.07) is 18.9. The van der Waals surface area contributed by atoms with Gasteiger partial charge in [-0.05, 0) is 98.7 Å². The first-order valence-electron chi connectivity index (χ1n) is 13.6. The van der Waals surface area contributed by atoms with E-state index in [9.17, 15) is 24.0 Å². The molecule has 1 heterocycles. The Morgan fingerprint density at radius 1 is 0.805 bits per heavy atom. The molecule has 3 aliphatic rings. The van der Waals surface area contributed by atoms with Crippen LogP contribution in [-0.2, 0) is 9.59 Å². The van der Waals surface area contributed by atoms with Gasteiger partial charge in [-0.25, -0.2) is 9.80 Å². The van der Waals surface area contributed by atoms with E-state index in [0.29, 0.717) is 10.6 Å². The van der Waals surface area contributed by atoms with E-state index >= 15 is 0 Å². The Hall–Kier alpha value is -4.30. The molecule has 41 heavy (non-hydrogen) atoms. The Balaban J connectivity index is 1.23. The maximum atomic E-state index is 13.7. The summed E-state index contributed by atoms with van der Waals surface area (Å²) < 4.78 is 5.42. The molecule has 3 aromatic rings. The fourth-order valence-electron chi connectivity index (χ4n) is 6.40. The van der Waals surface area contributed by atoms with Crippen LogP contribution in [0.15, 0.2) is 72.8 Å². The highest BCUT2D eigenvalue weighted by molar-refractivity contribution is 6.30. The molecule has 1 saturated heterocycles. The van der Waals surface area contributed by atoms with Crippen LogP contribution in [0.25, 0.3) is 0 Å². The van der Waals surface area contributed by atoms with Crippen LogP contribution in [0.2, 0.25) is 5.02 Å². The van der Waals surface area contributed by atoms with Crippen LogP contribution in [0.3, 0.4) is 0 Å².